The van der Waals surface area contributed by atoms with Crippen LogP contribution in [-0.4, -0.2) is 19.6 Å². The molecular formula is C44H36N3O2Pt-. The summed E-state index contributed by atoms with van der Waals surface area (Å²) in [6.07, 6.45) is 4.02. The number of para-hydroxylation sites is 2. The van der Waals surface area contributed by atoms with Gasteiger partial charge in [-0.1, -0.05) is 100 Å². The van der Waals surface area contributed by atoms with Crippen molar-refractivity contribution in [1.82, 2.24) is 14.5 Å². The molecule has 0 aliphatic heterocycles. The maximum absolute atomic E-state index is 11.7. The van der Waals surface area contributed by atoms with Gasteiger partial charge in [0.1, 0.15) is 28.4 Å². The normalized spacial score (nSPS) is 12.5. The van der Waals surface area contributed by atoms with Crippen molar-refractivity contribution in [3.8, 4) is 45.5 Å². The largest absolute Gasteiger partial charge is 0.507 e. The standard InChI is InChI=1S/C44H36N3O2.Pt/c1-25(2)28-17-11-18-29(26(3)4)43(28)47-24-37(45-44(47)36-22-35-32-15-9-10-19-39(32)49-40(35)23-38(36)48)42-33-16-8-7-14-31(33)34-21-20-27-12-5-6-13-30(27)41(34)46-42;/h5-12,14-19,22-26,48H,20-21H2,1-4H3;/q-1;. The summed E-state index contributed by atoms with van der Waals surface area (Å²) in [6.45, 7) is 8.92. The first-order valence-electron chi connectivity index (χ1n) is 17.2. The Labute approximate surface area is 305 Å². The molecule has 0 saturated heterocycles. The molecule has 8 aromatic rings. The molecule has 3 aromatic heterocycles. The number of phenolic OH excluding ortho intramolecular Hbond substituents is 1. The van der Waals surface area contributed by atoms with E-state index in [-0.39, 0.29) is 38.7 Å². The Morgan fingerprint density at radius 3 is 2.20 bits per heavy atom. The van der Waals surface area contributed by atoms with E-state index in [1.807, 2.05) is 30.3 Å². The predicted molar refractivity (Wildman–Crippen MR) is 199 cm³/mol. The third kappa shape index (κ3) is 5.02. The number of imidazole rings is 1. The molecule has 0 amide bonds. The van der Waals surface area contributed by atoms with Crippen LogP contribution in [0.2, 0.25) is 0 Å². The van der Waals surface area contributed by atoms with Crippen molar-refractivity contribution in [2.75, 3.05) is 0 Å². The van der Waals surface area contributed by atoms with Crippen molar-refractivity contribution in [2.24, 2.45) is 0 Å². The molecule has 0 radical (unpaired) electrons. The van der Waals surface area contributed by atoms with Crippen LogP contribution >= 0.6 is 0 Å². The zero-order chi connectivity index (χ0) is 33.4. The second kappa shape index (κ2) is 12.4. The molecule has 250 valence electrons. The fraction of sp³-hybridized carbons (Fsp3) is 0.182. The SMILES string of the molecule is CC(C)c1cccc(C(C)C)c1-n1cc(-c2nc3c(c4ccccc24)CCc2ccc[c-]c2-3)nc1-c1cc2c(cc1O)oc1ccccc12.[Pt]. The van der Waals surface area contributed by atoms with E-state index in [0.29, 0.717) is 17.0 Å². The summed E-state index contributed by atoms with van der Waals surface area (Å²) < 4.78 is 8.34. The first-order chi connectivity index (χ1) is 23.9. The zero-order valence-electron chi connectivity index (χ0n) is 28.4. The maximum Gasteiger partial charge on any atom is 0.149 e. The van der Waals surface area contributed by atoms with Crippen molar-refractivity contribution in [3.63, 3.8) is 0 Å². The number of pyridine rings is 1. The Morgan fingerprint density at radius 1 is 0.720 bits per heavy atom. The van der Waals surface area contributed by atoms with Gasteiger partial charge in [0.15, 0.2) is 0 Å². The van der Waals surface area contributed by atoms with Gasteiger partial charge in [-0.25, -0.2) is 4.98 Å². The van der Waals surface area contributed by atoms with E-state index in [1.165, 1.54) is 27.6 Å². The number of furan rings is 1. The van der Waals surface area contributed by atoms with E-state index in [0.717, 1.165) is 62.9 Å². The van der Waals surface area contributed by atoms with Crippen molar-refractivity contribution in [3.05, 3.63) is 132 Å². The van der Waals surface area contributed by atoms with Crippen LogP contribution in [0.3, 0.4) is 0 Å². The Hall–Kier alpha value is -4.99. The van der Waals surface area contributed by atoms with Crippen LogP contribution in [0.4, 0.5) is 0 Å². The maximum atomic E-state index is 11.7. The molecule has 1 N–H and O–H groups in total. The Kier molecular flexibility index (Phi) is 8.00. The number of hydrogen-bond donors (Lipinski definition) is 1. The van der Waals surface area contributed by atoms with Crippen LogP contribution in [0.1, 0.15) is 61.8 Å². The number of aromatic hydroxyl groups is 1. The van der Waals surface area contributed by atoms with Gasteiger partial charge in [-0.15, -0.1) is 35.4 Å². The number of hydrogen-bond acceptors (Lipinski definition) is 4. The average Bonchev–Trinajstić information content (AvgIpc) is 3.71. The third-order valence-electron chi connectivity index (χ3n) is 10.1. The Balaban J connectivity index is 0.00000361. The van der Waals surface area contributed by atoms with Crippen LogP contribution in [-0.2, 0) is 33.9 Å². The first kappa shape index (κ1) is 32.2. The van der Waals surface area contributed by atoms with Crippen LogP contribution < -0.4 is 0 Å². The second-order valence-corrected chi connectivity index (χ2v) is 13.8. The summed E-state index contributed by atoms with van der Waals surface area (Å²) in [4.78, 5) is 10.8. The van der Waals surface area contributed by atoms with Crippen molar-refractivity contribution in [2.45, 2.75) is 52.4 Å². The molecule has 0 saturated carbocycles. The van der Waals surface area contributed by atoms with Gasteiger partial charge in [0, 0.05) is 49.5 Å². The van der Waals surface area contributed by atoms with Gasteiger partial charge in [-0.2, -0.15) is 0 Å². The van der Waals surface area contributed by atoms with Gasteiger partial charge in [0.05, 0.1) is 16.9 Å². The molecule has 1 aliphatic carbocycles. The Morgan fingerprint density at radius 2 is 1.44 bits per heavy atom. The minimum absolute atomic E-state index is 0. The molecule has 0 fully saturated rings. The molecule has 0 unspecified atom stereocenters. The van der Waals surface area contributed by atoms with Crippen molar-refractivity contribution >= 4 is 32.7 Å². The number of aryl methyl sites for hydroxylation is 2. The Bertz CT molecular complexity index is 2570. The summed E-state index contributed by atoms with van der Waals surface area (Å²) in [6, 6.07) is 36.6. The van der Waals surface area contributed by atoms with E-state index >= 15 is 0 Å². The van der Waals surface area contributed by atoms with Crippen LogP contribution in [0, 0.1) is 6.07 Å². The molecule has 0 spiro atoms. The number of rotatable bonds is 5. The van der Waals surface area contributed by atoms with Crippen LogP contribution in [0.15, 0.2) is 108 Å². The molecule has 6 heteroatoms. The zero-order valence-corrected chi connectivity index (χ0v) is 30.7. The summed E-state index contributed by atoms with van der Waals surface area (Å²) in [5.41, 5.74) is 11.8. The number of benzene rings is 5. The minimum atomic E-state index is 0. The second-order valence-electron chi connectivity index (χ2n) is 13.8. The number of nitrogens with zero attached hydrogens (tertiary/aromatic N) is 3. The van der Waals surface area contributed by atoms with E-state index < -0.39 is 0 Å². The average molecular weight is 834 g/mol. The van der Waals surface area contributed by atoms with E-state index in [1.54, 1.807) is 6.07 Å². The molecule has 0 atom stereocenters. The van der Waals surface area contributed by atoms with E-state index in [4.69, 9.17) is 14.4 Å². The molecule has 3 heterocycles. The molecule has 5 aromatic carbocycles. The molecule has 5 nitrogen and oxygen atoms in total. The fourth-order valence-corrected chi connectivity index (χ4v) is 7.72. The third-order valence-corrected chi connectivity index (χ3v) is 10.1. The first-order valence-corrected chi connectivity index (χ1v) is 17.2. The number of fused-ring (bicyclic) bond motifs is 8. The van der Waals surface area contributed by atoms with Crippen molar-refractivity contribution in [1.29, 1.82) is 0 Å². The van der Waals surface area contributed by atoms with E-state index in [9.17, 15) is 5.11 Å². The monoisotopic (exact) mass is 833 g/mol. The number of phenols is 1. The van der Waals surface area contributed by atoms with Crippen molar-refractivity contribution < 1.29 is 30.6 Å². The minimum Gasteiger partial charge on any atom is -0.507 e. The van der Waals surface area contributed by atoms with Gasteiger partial charge in [0.2, 0.25) is 0 Å². The summed E-state index contributed by atoms with van der Waals surface area (Å²) in [5, 5.41) is 15.9. The van der Waals surface area contributed by atoms with Gasteiger partial charge in [-0.05, 0) is 52.6 Å². The summed E-state index contributed by atoms with van der Waals surface area (Å²) in [5.74, 6) is 1.29. The van der Waals surface area contributed by atoms with E-state index in [2.05, 4.69) is 105 Å². The van der Waals surface area contributed by atoms with Gasteiger partial charge in [0.25, 0.3) is 0 Å². The predicted octanol–water partition coefficient (Wildman–Crippen LogP) is 11.2. The quantitative estimate of drug-likeness (QED) is 0.175. The van der Waals surface area contributed by atoms with Crippen LogP contribution in [0.25, 0.3) is 72.4 Å². The van der Waals surface area contributed by atoms with Gasteiger partial charge >= 0.3 is 0 Å². The molecule has 50 heavy (non-hydrogen) atoms. The molecule has 1 aliphatic rings. The smallest absolute Gasteiger partial charge is 0.149 e. The summed E-state index contributed by atoms with van der Waals surface area (Å²) in [7, 11) is 0. The fourth-order valence-electron chi connectivity index (χ4n) is 7.72. The molecule has 9 rings (SSSR count). The molecule has 0 bridgehead atoms. The van der Waals surface area contributed by atoms with Gasteiger partial charge in [-0.3, -0.25) is 9.55 Å². The van der Waals surface area contributed by atoms with Gasteiger partial charge < -0.3 is 9.52 Å². The summed E-state index contributed by atoms with van der Waals surface area (Å²) >= 11 is 0. The number of aromatic nitrogens is 3. The topological polar surface area (TPSA) is 64.1 Å². The van der Waals surface area contributed by atoms with Crippen LogP contribution in [0.5, 0.6) is 5.75 Å². The molecular weight excluding hydrogens is 798 g/mol.